The van der Waals surface area contributed by atoms with Crippen LogP contribution in [0.25, 0.3) is 11.3 Å². The molecule has 1 unspecified atom stereocenters. The molecule has 0 aliphatic heterocycles. The highest BCUT2D eigenvalue weighted by atomic mass is 19.2. The molecule has 0 bridgehead atoms. The lowest BCUT2D eigenvalue weighted by atomic mass is 9.97. The zero-order chi connectivity index (χ0) is 18.2. The average molecular weight is 334 g/mol. The fraction of sp³-hybridized carbons (Fsp3) is 0.312. The Morgan fingerprint density at radius 3 is 2.46 bits per heavy atom. The van der Waals surface area contributed by atoms with Gasteiger partial charge in [0.25, 0.3) is 0 Å². The summed E-state index contributed by atoms with van der Waals surface area (Å²) >= 11 is 0. The van der Waals surface area contributed by atoms with Crippen LogP contribution in [-0.2, 0) is 4.79 Å². The van der Waals surface area contributed by atoms with Crippen LogP contribution in [0.15, 0.2) is 12.1 Å². The molecule has 8 heteroatoms. The van der Waals surface area contributed by atoms with Crippen molar-refractivity contribution >= 4 is 11.8 Å². The lowest BCUT2D eigenvalue weighted by molar-refractivity contribution is -0.138. The van der Waals surface area contributed by atoms with Gasteiger partial charge in [-0.25, -0.2) is 13.5 Å². The molecule has 0 fully saturated rings. The van der Waals surface area contributed by atoms with Gasteiger partial charge in [-0.1, -0.05) is 6.07 Å². The molecular formula is C16H16F2N4O2. The highest BCUT2D eigenvalue weighted by Gasteiger charge is 2.26. The number of rotatable bonds is 4. The second-order valence-corrected chi connectivity index (χ2v) is 5.65. The molecule has 6 nitrogen and oxygen atoms in total. The number of carboxylic acid groups (broad SMARTS) is 1. The smallest absolute Gasteiger partial charge is 0.310 e. The van der Waals surface area contributed by atoms with Crippen LogP contribution < -0.4 is 5.73 Å². The molecule has 0 radical (unpaired) electrons. The standard InChI is InChI=1S/C16H16F2N4O2/c1-7(2)22-15(20)11(6-19)14(21-22)10-5-4-9(8(3)16(23)24)12(17)13(10)18/h4-5,7-8H,20H2,1-3H3,(H,23,24). The van der Waals surface area contributed by atoms with Crippen LogP contribution >= 0.6 is 0 Å². The van der Waals surface area contributed by atoms with Crippen molar-refractivity contribution in [1.82, 2.24) is 9.78 Å². The number of anilines is 1. The fourth-order valence-corrected chi connectivity index (χ4v) is 2.35. The van der Waals surface area contributed by atoms with Gasteiger partial charge in [0.1, 0.15) is 23.1 Å². The summed E-state index contributed by atoms with van der Waals surface area (Å²) < 4.78 is 30.1. The Morgan fingerprint density at radius 1 is 1.33 bits per heavy atom. The number of nitriles is 1. The number of benzene rings is 1. The number of carboxylic acids is 1. The second kappa shape index (κ2) is 6.28. The van der Waals surface area contributed by atoms with Crippen LogP contribution in [-0.4, -0.2) is 20.9 Å². The van der Waals surface area contributed by atoms with Crippen molar-refractivity contribution in [3.05, 3.63) is 34.9 Å². The Balaban J connectivity index is 2.68. The largest absolute Gasteiger partial charge is 0.481 e. The van der Waals surface area contributed by atoms with Crippen molar-refractivity contribution in [1.29, 1.82) is 5.26 Å². The number of hydrogen-bond acceptors (Lipinski definition) is 4. The summed E-state index contributed by atoms with van der Waals surface area (Å²) in [5.41, 5.74) is 5.20. The molecule has 3 N–H and O–H groups in total. The molecule has 1 heterocycles. The monoisotopic (exact) mass is 334 g/mol. The number of nitrogens with two attached hydrogens (primary N) is 1. The van der Waals surface area contributed by atoms with Gasteiger partial charge in [-0.05, 0) is 26.8 Å². The Hall–Kier alpha value is -2.95. The summed E-state index contributed by atoms with van der Waals surface area (Å²) in [6.07, 6.45) is 0. The Kier molecular flexibility index (Phi) is 4.55. The van der Waals surface area contributed by atoms with Crippen molar-refractivity contribution in [3.8, 4) is 17.3 Å². The summed E-state index contributed by atoms with van der Waals surface area (Å²) in [7, 11) is 0. The normalized spacial score (nSPS) is 12.2. The first-order chi connectivity index (χ1) is 11.2. The molecule has 24 heavy (non-hydrogen) atoms. The fourth-order valence-electron chi connectivity index (χ4n) is 2.35. The first kappa shape index (κ1) is 17.4. The third-order valence-corrected chi connectivity index (χ3v) is 3.75. The van der Waals surface area contributed by atoms with E-state index in [1.54, 1.807) is 13.8 Å². The first-order valence-corrected chi connectivity index (χ1v) is 7.19. The topological polar surface area (TPSA) is 105 Å². The van der Waals surface area contributed by atoms with Crippen LogP contribution in [0.2, 0.25) is 0 Å². The van der Waals surface area contributed by atoms with Crippen molar-refractivity contribution in [3.63, 3.8) is 0 Å². The molecule has 1 aromatic carbocycles. The van der Waals surface area contributed by atoms with Crippen LogP contribution in [0, 0.1) is 23.0 Å². The zero-order valence-corrected chi connectivity index (χ0v) is 13.3. The lowest BCUT2D eigenvalue weighted by Crippen LogP contribution is -2.11. The van der Waals surface area contributed by atoms with Gasteiger partial charge in [-0.15, -0.1) is 0 Å². The minimum Gasteiger partial charge on any atom is -0.481 e. The summed E-state index contributed by atoms with van der Waals surface area (Å²) in [5.74, 6) is -4.95. The Labute approximate surface area is 137 Å². The van der Waals surface area contributed by atoms with E-state index in [4.69, 9.17) is 10.8 Å². The Morgan fingerprint density at radius 2 is 1.96 bits per heavy atom. The maximum Gasteiger partial charge on any atom is 0.310 e. The lowest BCUT2D eigenvalue weighted by Gasteiger charge is -2.10. The molecule has 0 aliphatic rings. The molecule has 0 aliphatic carbocycles. The van der Waals surface area contributed by atoms with Crippen LogP contribution in [0.3, 0.4) is 0 Å². The van der Waals surface area contributed by atoms with Crippen molar-refractivity contribution in [2.45, 2.75) is 32.7 Å². The average Bonchev–Trinajstić information content (AvgIpc) is 2.85. The number of nitrogen functional groups attached to an aromatic ring is 1. The van der Waals surface area contributed by atoms with Crippen LogP contribution in [0.5, 0.6) is 0 Å². The van der Waals surface area contributed by atoms with Gasteiger partial charge in [0, 0.05) is 17.2 Å². The third-order valence-electron chi connectivity index (χ3n) is 3.75. The summed E-state index contributed by atoms with van der Waals surface area (Å²) in [6.45, 7) is 4.82. The van der Waals surface area contributed by atoms with Crippen molar-refractivity contribution in [2.24, 2.45) is 0 Å². The molecule has 0 saturated heterocycles. The van der Waals surface area contributed by atoms with Crippen LogP contribution in [0.4, 0.5) is 14.6 Å². The number of aromatic nitrogens is 2. The van der Waals surface area contributed by atoms with E-state index in [0.717, 1.165) is 0 Å². The summed E-state index contributed by atoms with van der Waals surface area (Å²) in [6, 6.07) is 4.06. The zero-order valence-electron chi connectivity index (χ0n) is 13.3. The van der Waals surface area contributed by atoms with Gasteiger partial charge < -0.3 is 10.8 Å². The van der Waals surface area contributed by atoms with E-state index < -0.39 is 23.5 Å². The number of carbonyl (C=O) groups is 1. The molecule has 126 valence electrons. The van der Waals surface area contributed by atoms with Gasteiger partial charge in [-0.2, -0.15) is 10.4 Å². The van der Waals surface area contributed by atoms with Gasteiger partial charge in [-0.3, -0.25) is 4.79 Å². The maximum absolute atomic E-state index is 14.5. The van der Waals surface area contributed by atoms with Gasteiger partial charge in [0.15, 0.2) is 11.6 Å². The predicted molar refractivity (Wildman–Crippen MR) is 83.1 cm³/mol. The van der Waals surface area contributed by atoms with E-state index in [2.05, 4.69) is 5.10 Å². The minimum atomic E-state index is -1.27. The van der Waals surface area contributed by atoms with E-state index in [1.165, 1.54) is 23.7 Å². The summed E-state index contributed by atoms with van der Waals surface area (Å²) in [5, 5.41) is 22.3. The van der Waals surface area contributed by atoms with E-state index in [9.17, 15) is 18.8 Å². The number of hydrogen-bond donors (Lipinski definition) is 2. The van der Waals surface area contributed by atoms with Gasteiger partial charge in [0.2, 0.25) is 0 Å². The van der Waals surface area contributed by atoms with E-state index in [-0.39, 0.29) is 34.2 Å². The molecule has 1 atom stereocenters. The molecule has 1 aromatic heterocycles. The molecule has 0 amide bonds. The van der Waals surface area contributed by atoms with E-state index in [1.807, 2.05) is 6.07 Å². The molecule has 0 spiro atoms. The SMILES string of the molecule is CC(C(=O)O)c1ccc(-c2nn(C(C)C)c(N)c2C#N)c(F)c1F. The quantitative estimate of drug-likeness (QED) is 0.894. The minimum absolute atomic E-state index is 0.0546. The molecule has 2 rings (SSSR count). The van der Waals surface area contributed by atoms with Crippen molar-refractivity contribution < 1.29 is 18.7 Å². The first-order valence-electron chi connectivity index (χ1n) is 7.19. The summed E-state index contributed by atoms with van der Waals surface area (Å²) in [4.78, 5) is 11.0. The van der Waals surface area contributed by atoms with Crippen molar-refractivity contribution in [2.75, 3.05) is 5.73 Å². The van der Waals surface area contributed by atoms with Crippen LogP contribution in [0.1, 0.15) is 43.9 Å². The second-order valence-electron chi connectivity index (χ2n) is 5.65. The number of halogens is 2. The van der Waals surface area contributed by atoms with Gasteiger partial charge >= 0.3 is 5.97 Å². The highest BCUT2D eigenvalue weighted by molar-refractivity contribution is 5.77. The number of aliphatic carboxylic acids is 1. The molecule has 0 saturated carbocycles. The Bertz CT molecular complexity index is 853. The van der Waals surface area contributed by atoms with E-state index >= 15 is 0 Å². The highest BCUT2D eigenvalue weighted by Crippen LogP contribution is 2.33. The van der Waals surface area contributed by atoms with Gasteiger partial charge in [0.05, 0.1) is 5.92 Å². The number of nitrogens with zero attached hydrogens (tertiary/aromatic N) is 3. The molecular weight excluding hydrogens is 318 g/mol. The predicted octanol–water partition coefficient (Wildman–Crippen LogP) is 3.05. The van der Waals surface area contributed by atoms with E-state index in [0.29, 0.717) is 0 Å². The third kappa shape index (κ3) is 2.69. The molecule has 2 aromatic rings. The maximum atomic E-state index is 14.5.